The number of carbonyl (C=O) groups is 1. The highest BCUT2D eigenvalue weighted by Gasteiger charge is 2.09. The van der Waals surface area contributed by atoms with Crippen LogP contribution >= 0.6 is 0 Å². The van der Waals surface area contributed by atoms with E-state index in [-0.39, 0.29) is 0 Å². The van der Waals surface area contributed by atoms with Crippen LogP contribution in [0.3, 0.4) is 0 Å². The Balaban J connectivity index is 0. The molecule has 0 aromatic carbocycles. The highest BCUT2D eigenvalue weighted by Crippen LogP contribution is 1.96. The highest BCUT2D eigenvalue weighted by atomic mass is 16.4. The van der Waals surface area contributed by atoms with Crippen LogP contribution in [0.4, 0.5) is 0 Å². The molecule has 0 aliphatic heterocycles. The first-order valence-electron chi connectivity index (χ1n) is 3.82. The highest BCUT2D eigenvalue weighted by molar-refractivity contribution is 5.72. The van der Waals surface area contributed by atoms with Gasteiger partial charge in [-0.3, -0.25) is 4.79 Å². The Morgan fingerprint density at radius 2 is 2.00 bits per heavy atom. The minimum Gasteiger partial charge on any atom is -0.480 e. The normalized spacial score (nSPS) is 10.6. The molecule has 0 amide bonds. The number of hydrogen-bond donors (Lipinski definition) is 4. The molecular formula is C7H15N3O3. The largest absolute Gasteiger partial charge is 0.480 e. The second-order valence-electron chi connectivity index (χ2n) is 2.33. The van der Waals surface area contributed by atoms with Crippen molar-refractivity contribution in [3.63, 3.8) is 0 Å². The molecule has 1 atom stereocenters. The molecule has 1 unspecified atom stereocenters. The number of unbranched alkanes of at least 4 members (excludes halogenated alkanes) is 1. The molecule has 0 saturated heterocycles. The lowest BCUT2D eigenvalue weighted by Crippen LogP contribution is -2.29. The summed E-state index contributed by atoms with van der Waals surface area (Å²) in [5.74, 6) is -0.933. The topological polar surface area (TPSA) is 130 Å². The van der Waals surface area contributed by atoms with Gasteiger partial charge in [0.25, 0.3) is 0 Å². The van der Waals surface area contributed by atoms with Gasteiger partial charge in [0.05, 0.1) is 0 Å². The molecule has 0 radical (unpaired) electrons. The summed E-state index contributed by atoms with van der Waals surface area (Å²) in [7, 11) is 0. The molecule has 0 heterocycles. The Kier molecular flexibility index (Phi) is 11.8. The van der Waals surface area contributed by atoms with Crippen LogP contribution in [0.25, 0.3) is 0 Å². The molecule has 0 aromatic heterocycles. The van der Waals surface area contributed by atoms with E-state index in [1.807, 2.05) is 0 Å². The van der Waals surface area contributed by atoms with Crippen molar-refractivity contribution in [2.75, 3.05) is 6.54 Å². The molecule has 0 aromatic rings. The second-order valence-corrected chi connectivity index (χ2v) is 2.33. The summed E-state index contributed by atoms with van der Waals surface area (Å²) in [4.78, 5) is 18.5. The molecule has 0 spiro atoms. The maximum absolute atomic E-state index is 10.1. The van der Waals surface area contributed by atoms with E-state index in [4.69, 9.17) is 26.8 Å². The summed E-state index contributed by atoms with van der Waals surface area (Å²) in [6.45, 7) is 0.604. The summed E-state index contributed by atoms with van der Waals surface area (Å²) in [5.41, 5.74) is 10.4. The Morgan fingerprint density at radius 1 is 1.54 bits per heavy atom. The van der Waals surface area contributed by atoms with Gasteiger partial charge in [0.15, 0.2) is 0 Å². The lowest BCUT2D eigenvalue weighted by Gasteiger charge is -2.03. The predicted molar refractivity (Wildman–Crippen MR) is 46.9 cm³/mol. The molecule has 13 heavy (non-hydrogen) atoms. The summed E-state index contributed by atoms with van der Waals surface area (Å²) in [6, 6.07) is -0.716. The molecule has 6 N–H and O–H groups in total. The van der Waals surface area contributed by atoms with Gasteiger partial charge in [0, 0.05) is 0 Å². The fourth-order valence-corrected chi connectivity index (χ4v) is 0.632. The van der Waals surface area contributed by atoms with Crippen LogP contribution < -0.4 is 11.5 Å². The molecule has 6 heteroatoms. The van der Waals surface area contributed by atoms with E-state index in [1.165, 1.54) is 0 Å². The summed E-state index contributed by atoms with van der Waals surface area (Å²) in [5, 5.41) is 13.7. The van der Waals surface area contributed by atoms with E-state index in [1.54, 1.807) is 0 Å². The van der Waals surface area contributed by atoms with Crippen molar-refractivity contribution < 1.29 is 14.7 Å². The van der Waals surface area contributed by atoms with E-state index < -0.39 is 12.0 Å². The number of rotatable bonds is 5. The molecule has 0 saturated carbocycles. The Bertz CT molecular complexity index is 166. The van der Waals surface area contributed by atoms with Crippen molar-refractivity contribution in [1.82, 2.24) is 0 Å². The van der Waals surface area contributed by atoms with Crippen LogP contribution in [-0.4, -0.2) is 29.7 Å². The molecule has 0 aliphatic rings. The van der Waals surface area contributed by atoms with E-state index in [0.29, 0.717) is 13.0 Å². The second kappa shape index (κ2) is 10.8. The van der Waals surface area contributed by atoms with Crippen LogP contribution in [0, 0.1) is 5.41 Å². The van der Waals surface area contributed by atoms with E-state index >= 15 is 0 Å². The number of isocyanates is 1. The van der Waals surface area contributed by atoms with Gasteiger partial charge in [0.2, 0.25) is 6.08 Å². The number of nitrogens with one attached hydrogen (secondary N) is 1. The van der Waals surface area contributed by atoms with Crippen LogP contribution in [0.1, 0.15) is 19.3 Å². The molecule has 0 rings (SSSR count). The number of aliphatic carboxylic acids is 1. The maximum atomic E-state index is 10.1. The van der Waals surface area contributed by atoms with Crippen molar-refractivity contribution in [2.24, 2.45) is 11.5 Å². The van der Waals surface area contributed by atoms with Crippen molar-refractivity contribution in [1.29, 1.82) is 5.41 Å². The van der Waals surface area contributed by atoms with Crippen molar-refractivity contribution in [2.45, 2.75) is 25.3 Å². The molecule has 0 aliphatic carbocycles. The SMILES string of the molecule is N=C=O.NCCCCC(N)C(=O)O. The molecule has 0 bridgehead atoms. The van der Waals surface area contributed by atoms with Crippen LogP contribution in [-0.2, 0) is 9.59 Å². The van der Waals surface area contributed by atoms with Crippen molar-refractivity contribution in [3.05, 3.63) is 0 Å². The van der Waals surface area contributed by atoms with Gasteiger partial charge in [-0.25, -0.2) is 10.2 Å². The third-order valence-electron chi connectivity index (χ3n) is 1.29. The third-order valence-corrected chi connectivity index (χ3v) is 1.29. The summed E-state index contributed by atoms with van der Waals surface area (Å²) >= 11 is 0. The summed E-state index contributed by atoms with van der Waals surface area (Å²) in [6.07, 6.45) is 2.91. The Hall–Kier alpha value is -1.23. The average Bonchev–Trinajstić information content (AvgIpc) is 2.06. The van der Waals surface area contributed by atoms with Gasteiger partial charge in [0.1, 0.15) is 6.04 Å². The molecule has 76 valence electrons. The average molecular weight is 189 g/mol. The molecule has 0 fully saturated rings. The predicted octanol–water partition coefficient (Wildman–Crippen LogP) is -0.572. The fourth-order valence-electron chi connectivity index (χ4n) is 0.632. The van der Waals surface area contributed by atoms with Gasteiger partial charge in [-0.05, 0) is 19.4 Å². The van der Waals surface area contributed by atoms with Crippen molar-refractivity contribution >= 4 is 12.0 Å². The van der Waals surface area contributed by atoms with Gasteiger partial charge in [-0.15, -0.1) is 0 Å². The molecule has 6 nitrogen and oxygen atoms in total. The Morgan fingerprint density at radius 3 is 2.31 bits per heavy atom. The van der Waals surface area contributed by atoms with E-state index in [2.05, 4.69) is 0 Å². The molecular weight excluding hydrogens is 174 g/mol. The number of hydrogen-bond acceptors (Lipinski definition) is 5. The minimum atomic E-state index is -0.933. The zero-order valence-corrected chi connectivity index (χ0v) is 7.32. The van der Waals surface area contributed by atoms with E-state index in [9.17, 15) is 4.79 Å². The Labute approximate surface area is 76.4 Å². The van der Waals surface area contributed by atoms with E-state index in [0.717, 1.165) is 18.9 Å². The fraction of sp³-hybridized carbons (Fsp3) is 0.714. The van der Waals surface area contributed by atoms with Gasteiger partial charge >= 0.3 is 5.97 Å². The smallest absolute Gasteiger partial charge is 0.320 e. The zero-order valence-electron chi connectivity index (χ0n) is 7.32. The van der Waals surface area contributed by atoms with Crippen LogP contribution in [0.5, 0.6) is 0 Å². The van der Waals surface area contributed by atoms with Gasteiger partial charge in [-0.1, -0.05) is 6.42 Å². The first kappa shape index (κ1) is 14.3. The van der Waals surface area contributed by atoms with Crippen LogP contribution in [0.15, 0.2) is 0 Å². The number of carbonyl (C=O) groups excluding carboxylic acids is 1. The monoisotopic (exact) mass is 189 g/mol. The van der Waals surface area contributed by atoms with Gasteiger partial charge < -0.3 is 16.6 Å². The first-order chi connectivity index (χ1) is 6.09. The van der Waals surface area contributed by atoms with Gasteiger partial charge in [-0.2, -0.15) is 0 Å². The maximum Gasteiger partial charge on any atom is 0.320 e. The lowest BCUT2D eigenvalue weighted by molar-refractivity contribution is -0.138. The summed E-state index contributed by atoms with van der Waals surface area (Å²) < 4.78 is 0. The van der Waals surface area contributed by atoms with Crippen LogP contribution in [0.2, 0.25) is 0 Å². The first-order valence-corrected chi connectivity index (χ1v) is 3.82. The number of nitrogens with two attached hydrogens (primary N) is 2. The third kappa shape index (κ3) is 13.7. The minimum absolute atomic E-state index is 0.520. The zero-order chi connectivity index (χ0) is 10.7. The van der Waals surface area contributed by atoms with Crippen molar-refractivity contribution in [3.8, 4) is 0 Å². The number of carboxylic acid groups (broad SMARTS) is 1. The number of carboxylic acids is 1. The standard InChI is InChI=1S/C6H14N2O2.CHNO/c7-4-2-1-3-5(8)6(9)10;2-1-3/h5H,1-4,7-8H2,(H,9,10);2H. The quantitative estimate of drug-likeness (QED) is 0.261. The lowest BCUT2D eigenvalue weighted by atomic mass is 10.1.